The molecule has 4 heteroatoms. The summed E-state index contributed by atoms with van der Waals surface area (Å²) in [5.74, 6) is 0.762. The summed E-state index contributed by atoms with van der Waals surface area (Å²) in [4.78, 5) is 2.42. The van der Waals surface area contributed by atoms with Crippen LogP contribution in [0, 0.1) is 5.92 Å². The molecule has 1 aliphatic rings. The first kappa shape index (κ1) is 12.5. The third kappa shape index (κ3) is 2.59. The van der Waals surface area contributed by atoms with Crippen LogP contribution in [0.1, 0.15) is 19.8 Å². The quantitative estimate of drug-likeness (QED) is 0.889. The fourth-order valence-corrected chi connectivity index (χ4v) is 2.99. The van der Waals surface area contributed by atoms with Gasteiger partial charge < -0.3 is 10.2 Å². The van der Waals surface area contributed by atoms with Crippen LogP contribution in [-0.4, -0.2) is 41.3 Å². The molecule has 1 aliphatic heterocycles. The summed E-state index contributed by atoms with van der Waals surface area (Å²) in [7, 11) is 2.21. The number of piperidine rings is 1. The number of H-pyrrole nitrogens is 1. The van der Waals surface area contributed by atoms with Crippen molar-refractivity contribution in [1.82, 2.24) is 15.1 Å². The molecule has 1 aromatic heterocycles. The molecule has 0 amide bonds. The van der Waals surface area contributed by atoms with Gasteiger partial charge in [-0.25, -0.2) is 0 Å². The SMILES string of the molecule is CC(Nc1cccc2[nH]ncc12)C1CCN(C)CC1. The minimum absolute atomic E-state index is 0.509. The van der Waals surface area contributed by atoms with E-state index in [2.05, 4.69) is 52.6 Å². The zero-order valence-corrected chi connectivity index (χ0v) is 11.7. The van der Waals surface area contributed by atoms with Crippen LogP contribution >= 0.6 is 0 Å². The van der Waals surface area contributed by atoms with Gasteiger partial charge >= 0.3 is 0 Å². The fourth-order valence-electron chi connectivity index (χ4n) is 2.99. The zero-order valence-electron chi connectivity index (χ0n) is 11.7. The second-order valence-electron chi connectivity index (χ2n) is 5.71. The highest BCUT2D eigenvalue weighted by Gasteiger charge is 2.22. The molecule has 2 heterocycles. The van der Waals surface area contributed by atoms with E-state index < -0.39 is 0 Å². The Morgan fingerprint density at radius 3 is 2.95 bits per heavy atom. The van der Waals surface area contributed by atoms with Crippen molar-refractivity contribution in [3.05, 3.63) is 24.4 Å². The van der Waals surface area contributed by atoms with Crippen molar-refractivity contribution in [2.24, 2.45) is 5.92 Å². The predicted molar refractivity (Wildman–Crippen MR) is 79.4 cm³/mol. The van der Waals surface area contributed by atoms with Gasteiger partial charge in [-0.05, 0) is 58.0 Å². The molecule has 1 aromatic carbocycles. The first-order chi connectivity index (χ1) is 9.24. The second kappa shape index (κ2) is 5.21. The van der Waals surface area contributed by atoms with Gasteiger partial charge in [0.05, 0.1) is 11.7 Å². The Morgan fingerprint density at radius 1 is 1.37 bits per heavy atom. The Morgan fingerprint density at radius 2 is 2.16 bits per heavy atom. The van der Waals surface area contributed by atoms with E-state index in [9.17, 15) is 0 Å². The minimum atomic E-state index is 0.509. The monoisotopic (exact) mass is 258 g/mol. The summed E-state index contributed by atoms with van der Waals surface area (Å²) >= 11 is 0. The molecule has 19 heavy (non-hydrogen) atoms. The standard InChI is InChI=1S/C15H22N4/c1-11(12-6-8-19(2)9-7-12)17-14-4-3-5-15-13(14)10-16-18-15/h3-5,10-12,17H,6-9H2,1-2H3,(H,16,18). The highest BCUT2D eigenvalue weighted by atomic mass is 15.1. The van der Waals surface area contributed by atoms with Gasteiger partial charge in [-0.1, -0.05) is 6.07 Å². The van der Waals surface area contributed by atoms with Gasteiger partial charge in [-0.3, -0.25) is 5.10 Å². The summed E-state index contributed by atoms with van der Waals surface area (Å²) in [5, 5.41) is 12.0. The third-order valence-electron chi connectivity index (χ3n) is 4.34. The van der Waals surface area contributed by atoms with Crippen LogP contribution in [0.15, 0.2) is 24.4 Å². The fraction of sp³-hybridized carbons (Fsp3) is 0.533. The Kier molecular flexibility index (Phi) is 3.42. The number of anilines is 1. The van der Waals surface area contributed by atoms with Gasteiger partial charge in [0.2, 0.25) is 0 Å². The van der Waals surface area contributed by atoms with Crippen LogP contribution < -0.4 is 5.32 Å². The van der Waals surface area contributed by atoms with Gasteiger partial charge in [0.25, 0.3) is 0 Å². The van der Waals surface area contributed by atoms with Crippen LogP contribution in [-0.2, 0) is 0 Å². The molecule has 1 atom stereocenters. The molecule has 0 bridgehead atoms. The minimum Gasteiger partial charge on any atom is -0.382 e. The van der Waals surface area contributed by atoms with Crippen molar-refractivity contribution < 1.29 is 0 Å². The van der Waals surface area contributed by atoms with Crippen LogP contribution in [0.5, 0.6) is 0 Å². The Labute approximate surface area is 114 Å². The number of aromatic amines is 1. The van der Waals surface area contributed by atoms with E-state index in [1.165, 1.54) is 37.0 Å². The number of likely N-dealkylation sites (tertiary alicyclic amines) is 1. The number of hydrogen-bond donors (Lipinski definition) is 2. The van der Waals surface area contributed by atoms with Crippen molar-refractivity contribution in [2.75, 3.05) is 25.5 Å². The van der Waals surface area contributed by atoms with Crippen molar-refractivity contribution >= 4 is 16.6 Å². The Balaban J connectivity index is 1.72. The molecule has 1 saturated heterocycles. The number of hydrogen-bond acceptors (Lipinski definition) is 3. The molecule has 2 aromatic rings. The Bertz CT molecular complexity index is 540. The largest absolute Gasteiger partial charge is 0.382 e. The molecule has 4 nitrogen and oxygen atoms in total. The molecule has 3 rings (SSSR count). The molecular formula is C15H22N4. The lowest BCUT2D eigenvalue weighted by Gasteiger charge is -2.33. The van der Waals surface area contributed by atoms with Crippen molar-refractivity contribution in [3.8, 4) is 0 Å². The average Bonchev–Trinajstić information content (AvgIpc) is 2.89. The summed E-state index contributed by atoms with van der Waals surface area (Å²) in [6.45, 7) is 4.73. The van der Waals surface area contributed by atoms with Crippen molar-refractivity contribution in [3.63, 3.8) is 0 Å². The van der Waals surface area contributed by atoms with E-state index in [0.717, 1.165) is 11.4 Å². The van der Waals surface area contributed by atoms with Gasteiger partial charge in [-0.15, -0.1) is 0 Å². The molecule has 2 N–H and O–H groups in total. The first-order valence-corrected chi connectivity index (χ1v) is 7.11. The van der Waals surface area contributed by atoms with Gasteiger partial charge in [0, 0.05) is 17.1 Å². The van der Waals surface area contributed by atoms with E-state index in [-0.39, 0.29) is 0 Å². The van der Waals surface area contributed by atoms with E-state index in [1.807, 2.05) is 6.20 Å². The molecule has 1 fully saturated rings. The molecule has 102 valence electrons. The highest BCUT2D eigenvalue weighted by Crippen LogP contribution is 2.26. The maximum absolute atomic E-state index is 4.12. The second-order valence-corrected chi connectivity index (χ2v) is 5.71. The maximum atomic E-state index is 4.12. The van der Waals surface area contributed by atoms with Gasteiger partial charge in [0.15, 0.2) is 0 Å². The summed E-state index contributed by atoms with van der Waals surface area (Å²) in [6.07, 6.45) is 4.47. The first-order valence-electron chi connectivity index (χ1n) is 7.11. The maximum Gasteiger partial charge on any atom is 0.0671 e. The van der Waals surface area contributed by atoms with E-state index in [4.69, 9.17) is 0 Å². The van der Waals surface area contributed by atoms with Crippen LogP contribution in [0.4, 0.5) is 5.69 Å². The Hall–Kier alpha value is -1.55. The van der Waals surface area contributed by atoms with E-state index >= 15 is 0 Å². The van der Waals surface area contributed by atoms with Gasteiger partial charge in [-0.2, -0.15) is 5.10 Å². The smallest absolute Gasteiger partial charge is 0.0671 e. The van der Waals surface area contributed by atoms with Crippen LogP contribution in [0.2, 0.25) is 0 Å². The molecule has 0 radical (unpaired) electrons. The summed E-state index contributed by atoms with van der Waals surface area (Å²) in [5.41, 5.74) is 2.29. The number of benzene rings is 1. The summed E-state index contributed by atoms with van der Waals surface area (Å²) < 4.78 is 0. The molecule has 0 saturated carbocycles. The highest BCUT2D eigenvalue weighted by molar-refractivity contribution is 5.90. The lowest BCUT2D eigenvalue weighted by atomic mass is 9.90. The lowest BCUT2D eigenvalue weighted by Crippen LogP contribution is -2.37. The number of rotatable bonds is 3. The van der Waals surface area contributed by atoms with E-state index in [1.54, 1.807) is 0 Å². The van der Waals surface area contributed by atoms with Gasteiger partial charge in [0.1, 0.15) is 0 Å². The predicted octanol–water partition coefficient (Wildman–Crippen LogP) is 2.71. The summed E-state index contributed by atoms with van der Waals surface area (Å²) in [6, 6.07) is 6.79. The number of fused-ring (bicyclic) bond motifs is 1. The third-order valence-corrected chi connectivity index (χ3v) is 4.34. The van der Waals surface area contributed by atoms with Crippen LogP contribution in [0.25, 0.3) is 10.9 Å². The number of nitrogens with zero attached hydrogens (tertiary/aromatic N) is 2. The normalized spacial score (nSPS) is 19.7. The number of aromatic nitrogens is 2. The zero-order chi connectivity index (χ0) is 13.2. The molecule has 0 aliphatic carbocycles. The molecular weight excluding hydrogens is 236 g/mol. The molecule has 0 spiro atoms. The van der Waals surface area contributed by atoms with Crippen LogP contribution in [0.3, 0.4) is 0 Å². The average molecular weight is 258 g/mol. The number of nitrogens with one attached hydrogen (secondary N) is 2. The van der Waals surface area contributed by atoms with Crippen molar-refractivity contribution in [1.29, 1.82) is 0 Å². The topological polar surface area (TPSA) is 44.0 Å². The lowest BCUT2D eigenvalue weighted by molar-refractivity contribution is 0.208. The van der Waals surface area contributed by atoms with Crippen molar-refractivity contribution in [2.45, 2.75) is 25.8 Å². The molecule has 1 unspecified atom stereocenters. The van der Waals surface area contributed by atoms with E-state index in [0.29, 0.717) is 6.04 Å².